The van der Waals surface area contributed by atoms with Crippen LogP contribution < -0.4 is 15.4 Å². The SMILES string of the molecule is CCOc1ccc(NC(=O)CCNC(=O)c2ccc(Cl)cc2)cc1. The van der Waals surface area contributed by atoms with Crippen molar-refractivity contribution in [2.45, 2.75) is 13.3 Å². The molecule has 0 fully saturated rings. The molecule has 2 aromatic rings. The van der Waals surface area contributed by atoms with Crippen molar-refractivity contribution in [3.63, 3.8) is 0 Å². The molecule has 24 heavy (non-hydrogen) atoms. The van der Waals surface area contributed by atoms with E-state index >= 15 is 0 Å². The number of rotatable bonds is 7. The predicted molar refractivity (Wildman–Crippen MR) is 94.6 cm³/mol. The highest BCUT2D eigenvalue weighted by Gasteiger charge is 2.07. The summed E-state index contributed by atoms with van der Waals surface area (Å²) < 4.78 is 5.34. The average molecular weight is 347 g/mol. The van der Waals surface area contributed by atoms with Gasteiger partial charge in [0.05, 0.1) is 6.61 Å². The Morgan fingerprint density at radius 2 is 1.71 bits per heavy atom. The maximum Gasteiger partial charge on any atom is 0.251 e. The van der Waals surface area contributed by atoms with Gasteiger partial charge in [0.25, 0.3) is 5.91 Å². The number of benzene rings is 2. The molecule has 5 nitrogen and oxygen atoms in total. The molecule has 2 rings (SSSR count). The van der Waals surface area contributed by atoms with Crippen LogP contribution in [0.1, 0.15) is 23.7 Å². The number of ether oxygens (including phenoxy) is 1. The fourth-order valence-electron chi connectivity index (χ4n) is 2.02. The molecule has 0 saturated carbocycles. The first-order chi connectivity index (χ1) is 11.6. The molecule has 0 saturated heterocycles. The van der Waals surface area contributed by atoms with Crippen LogP contribution >= 0.6 is 11.6 Å². The predicted octanol–water partition coefficient (Wildman–Crippen LogP) is 3.50. The van der Waals surface area contributed by atoms with Gasteiger partial charge in [0, 0.05) is 29.2 Å². The summed E-state index contributed by atoms with van der Waals surface area (Å²) in [7, 11) is 0. The first-order valence-corrected chi connectivity index (χ1v) is 8.02. The number of hydrogen-bond acceptors (Lipinski definition) is 3. The Kier molecular flexibility index (Phi) is 6.63. The number of halogens is 1. The molecule has 0 aromatic heterocycles. The van der Waals surface area contributed by atoms with Crippen molar-refractivity contribution < 1.29 is 14.3 Å². The molecule has 6 heteroatoms. The fraction of sp³-hybridized carbons (Fsp3) is 0.222. The second kappa shape index (κ2) is 8.93. The molecule has 2 aromatic carbocycles. The summed E-state index contributed by atoms with van der Waals surface area (Å²) in [4.78, 5) is 23.8. The van der Waals surface area contributed by atoms with E-state index < -0.39 is 0 Å². The fourth-order valence-corrected chi connectivity index (χ4v) is 2.14. The monoisotopic (exact) mass is 346 g/mol. The zero-order valence-corrected chi connectivity index (χ0v) is 14.1. The van der Waals surface area contributed by atoms with E-state index in [0.29, 0.717) is 22.9 Å². The van der Waals surface area contributed by atoms with Crippen LogP contribution in [0, 0.1) is 0 Å². The van der Waals surface area contributed by atoms with E-state index in [1.165, 1.54) is 0 Å². The summed E-state index contributed by atoms with van der Waals surface area (Å²) in [6.45, 7) is 2.76. The van der Waals surface area contributed by atoms with Crippen LogP contribution in [-0.4, -0.2) is 25.0 Å². The summed E-state index contributed by atoms with van der Waals surface area (Å²) in [6, 6.07) is 13.7. The maximum atomic E-state index is 11.9. The minimum atomic E-state index is -0.236. The molecular weight excluding hydrogens is 328 g/mol. The van der Waals surface area contributed by atoms with Crippen LogP contribution in [0.3, 0.4) is 0 Å². The zero-order chi connectivity index (χ0) is 17.4. The summed E-state index contributed by atoms with van der Waals surface area (Å²) >= 11 is 5.77. The van der Waals surface area contributed by atoms with Crippen LogP contribution in [0.25, 0.3) is 0 Å². The Bertz CT molecular complexity index is 684. The lowest BCUT2D eigenvalue weighted by Gasteiger charge is -2.08. The van der Waals surface area contributed by atoms with Crippen molar-refractivity contribution in [1.82, 2.24) is 5.32 Å². The van der Waals surface area contributed by atoms with Crippen molar-refractivity contribution in [2.24, 2.45) is 0 Å². The Hall–Kier alpha value is -2.53. The topological polar surface area (TPSA) is 67.4 Å². The molecule has 0 aliphatic rings. The summed E-state index contributed by atoms with van der Waals surface area (Å²) in [6.07, 6.45) is 0.187. The van der Waals surface area contributed by atoms with Gasteiger partial charge in [-0.2, -0.15) is 0 Å². The normalized spacial score (nSPS) is 10.1. The number of anilines is 1. The van der Waals surface area contributed by atoms with Gasteiger partial charge in [0.1, 0.15) is 5.75 Å². The zero-order valence-electron chi connectivity index (χ0n) is 13.3. The third kappa shape index (κ3) is 5.59. The molecule has 0 aliphatic carbocycles. The quantitative estimate of drug-likeness (QED) is 0.806. The van der Waals surface area contributed by atoms with Crippen LogP contribution in [0.4, 0.5) is 5.69 Å². The summed E-state index contributed by atoms with van der Waals surface area (Å²) in [5.74, 6) is 0.349. The Labute approximate surface area is 146 Å². The van der Waals surface area contributed by atoms with E-state index in [1.807, 2.05) is 6.92 Å². The Morgan fingerprint density at radius 1 is 1.04 bits per heavy atom. The lowest BCUT2D eigenvalue weighted by molar-refractivity contribution is -0.116. The number of carbonyl (C=O) groups excluding carboxylic acids is 2. The van der Waals surface area contributed by atoms with Gasteiger partial charge in [0.2, 0.25) is 5.91 Å². The Morgan fingerprint density at radius 3 is 2.33 bits per heavy atom. The largest absolute Gasteiger partial charge is 0.494 e. The standard InChI is InChI=1S/C18H19ClN2O3/c1-2-24-16-9-7-15(8-10-16)21-17(22)11-12-20-18(23)13-3-5-14(19)6-4-13/h3-10H,2,11-12H2,1H3,(H,20,23)(H,21,22). The maximum absolute atomic E-state index is 11.9. The minimum absolute atomic E-state index is 0.171. The highest BCUT2D eigenvalue weighted by molar-refractivity contribution is 6.30. The molecule has 0 unspecified atom stereocenters. The van der Waals surface area contributed by atoms with Gasteiger partial charge >= 0.3 is 0 Å². The van der Waals surface area contributed by atoms with Gasteiger partial charge in [-0.25, -0.2) is 0 Å². The number of amides is 2. The van der Waals surface area contributed by atoms with Gasteiger partial charge in [-0.1, -0.05) is 11.6 Å². The third-order valence-electron chi connectivity index (χ3n) is 3.19. The van der Waals surface area contributed by atoms with Crippen LogP contribution in [-0.2, 0) is 4.79 Å². The van der Waals surface area contributed by atoms with Crippen molar-refractivity contribution in [1.29, 1.82) is 0 Å². The van der Waals surface area contributed by atoms with E-state index in [0.717, 1.165) is 5.75 Å². The lowest BCUT2D eigenvalue weighted by Crippen LogP contribution is -2.27. The third-order valence-corrected chi connectivity index (χ3v) is 3.45. The van der Waals surface area contributed by atoms with E-state index in [-0.39, 0.29) is 24.8 Å². The molecule has 0 atom stereocenters. The molecule has 0 bridgehead atoms. The molecule has 2 N–H and O–H groups in total. The number of carbonyl (C=O) groups is 2. The van der Waals surface area contributed by atoms with Crippen molar-refractivity contribution in [3.05, 3.63) is 59.1 Å². The van der Waals surface area contributed by atoms with Gasteiger partial charge in [-0.3, -0.25) is 9.59 Å². The van der Waals surface area contributed by atoms with E-state index in [1.54, 1.807) is 48.5 Å². The van der Waals surface area contributed by atoms with Gasteiger partial charge in [0.15, 0.2) is 0 Å². The highest BCUT2D eigenvalue weighted by Crippen LogP contribution is 2.15. The molecule has 126 valence electrons. The first-order valence-electron chi connectivity index (χ1n) is 7.65. The van der Waals surface area contributed by atoms with E-state index in [9.17, 15) is 9.59 Å². The lowest BCUT2D eigenvalue weighted by atomic mass is 10.2. The summed E-state index contributed by atoms with van der Waals surface area (Å²) in [5.41, 5.74) is 1.19. The van der Waals surface area contributed by atoms with Gasteiger partial charge in [-0.05, 0) is 55.5 Å². The van der Waals surface area contributed by atoms with Crippen molar-refractivity contribution in [2.75, 3.05) is 18.5 Å². The second-order valence-corrected chi connectivity index (χ2v) is 5.45. The number of nitrogens with one attached hydrogen (secondary N) is 2. The first kappa shape index (κ1) is 17.8. The molecule has 2 amide bonds. The molecule has 0 heterocycles. The Balaban J connectivity index is 1.74. The molecular formula is C18H19ClN2O3. The molecule has 0 spiro atoms. The molecule has 0 radical (unpaired) electrons. The van der Waals surface area contributed by atoms with Gasteiger partial charge < -0.3 is 15.4 Å². The van der Waals surface area contributed by atoms with Crippen molar-refractivity contribution in [3.8, 4) is 5.75 Å². The number of hydrogen-bond donors (Lipinski definition) is 2. The second-order valence-electron chi connectivity index (χ2n) is 5.02. The van der Waals surface area contributed by atoms with Gasteiger partial charge in [-0.15, -0.1) is 0 Å². The van der Waals surface area contributed by atoms with Crippen LogP contribution in [0.15, 0.2) is 48.5 Å². The van der Waals surface area contributed by atoms with Crippen LogP contribution in [0.2, 0.25) is 5.02 Å². The minimum Gasteiger partial charge on any atom is -0.494 e. The van der Waals surface area contributed by atoms with E-state index in [4.69, 9.17) is 16.3 Å². The highest BCUT2D eigenvalue weighted by atomic mass is 35.5. The van der Waals surface area contributed by atoms with Crippen molar-refractivity contribution >= 4 is 29.1 Å². The van der Waals surface area contributed by atoms with E-state index in [2.05, 4.69) is 10.6 Å². The summed E-state index contributed by atoms with van der Waals surface area (Å²) in [5, 5.41) is 6.04. The van der Waals surface area contributed by atoms with Crippen LogP contribution in [0.5, 0.6) is 5.75 Å². The molecule has 0 aliphatic heterocycles. The average Bonchev–Trinajstić information content (AvgIpc) is 2.57. The smallest absolute Gasteiger partial charge is 0.251 e.